The Hall–Kier alpha value is -2.97. The molecule has 1 saturated heterocycles. The number of benzene rings is 2. The first-order chi connectivity index (χ1) is 15.8. The number of carbonyl (C=O) groups is 2. The van der Waals surface area contributed by atoms with Gasteiger partial charge in [-0.2, -0.15) is 0 Å². The van der Waals surface area contributed by atoms with E-state index in [9.17, 15) is 18.0 Å². The summed E-state index contributed by atoms with van der Waals surface area (Å²) in [4.78, 5) is 28.0. The molecule has 2 amide bonds. The van der Waals surface area contributed by atoms with E-state index in [1.165, 1.54) is 11.3 Å². The van der Waals surface area contributed by atoms with Gasteiger partial charge in [-0.15, -0.1) is 11.3 Å². The van der Waals surface area contributed by atoms with Gasteiger partial charge in [0.25, 0.3) is 0 Å². The number of nitrogens with one attached hydrogen (secondary N) is 1. The smallest absolute Gasteiger partial charge is 0.227 e. The number of thiophene rings is 1. The third kappa shape index (κ3) is 5.02. The fourth-order valence-corrected chi connectivity index (χ4v) is 6.71. The maximum absolute atomic E-state index is 13.4. The molecule has 1 aliphatic heterocycles. The molecule has 172 valence electrons. The van der Waals surface area contributed by atoms with Crippen molar-refractivity contribution in [3.05, 3.63) is 82.0 Å². The Kier molecular flexibility index (Phi) is 6.67. The minimum absolute atomic E-state index is 0.0508. The van der Waals surface area contributed by atoms with Gasteiger partial charge in [-0.1, -0.05) is 41.5 Å². The second-order valence-corrected chi connectivity index (χ2v) is 11.5. The lowest BCUT2D eigenvalue weighted by Gasteiger charge is -2.19. The second kappa shape index (κ2) is 9.49. The van der Waals surface area contributed by atoms with Gasteiger partial charge < -0.3 is 10.2 Å². The summed E-state index contributed by atoms with van der Waals surface area (Å²) in [6.45, 7) is 4.10. The van der Waals surface area contributed by atoms with Crippen LogP contribution in [0.1, 0.15) is 27.7 Å². The van der Waals surface area contributed by atoms with Crippen molar-refractivity contribution in [1.29, 1.82) is 0 Å². The van der Waals surface area contributed by atoms with Crippen molar-refractivity contribution in [2.24, 2.45) is 5.92 Å². The molecule has 0 saturated carbocycles. The van der Waals surface area contributed by atoms with Gasteiger partial charge >= 0.3 is 0 Å². The molecular weight excluding hydrogens is 456 g/mol. The molecule has 2 atom stereocenters. The molecule has 2 heterocycles. The van der Waals surface area contributed by atoms with E-state index in [1.807, 2.05) is 43.5 Å². The summed E-state index contributed by atoms with van der Waals surface area (Å²) < 4.78 is 26.8. The highest BCUT2D eigenvalue weighted by Gasteiger charge is 2.36. The molecule has 0 radical (unpaired) electrons. The maximum Gasteiger partial charge on any atom is 0.227 e. The number of rotatable bonds is 7. The summed E-state index contributed by atoms with van der Waals surface area (Å²) in [6, 6.07) is 17.9. The molecule has 6 nitrogen and oxygen atoms in total. The Bertz CT molecular complexity index is 1230. The van der Waals surface area contributed by atoms with Gasteiger partial charge in [-0.05, 0) is 49.6 Å². The zero-order valence-electron chi connectivity index (χ0n) is 18.5. The van der Waals surface area contributed by atoms with Crippen molar-refractivity contribution < 1.29 is 18.0 Å². The highest BCUT2D eigenvalue weighted by molar-refractivity contribution is 7.91. The van der Waals surface area contributed by atoms with Gasteiger partial charge in [0.2, 0.25) is 11.8 Å². The first-order valence-corrected chi connectivity index (χ1v) is 13.2. The molecule has 8 heteroatoms. The zero-order chi connectivity index (χ0) is 23.6. The first-order valence-electron chi connectivity index (χ1n) is 10.7. The molecule has 1 aliphatic rings. The van der Waals surface area contributed by atoms with Crippen LogP contribution in [0.25, 0.3) is 0 Å². The average molecular weight is 483 g/mol. The molecule has 1 N–H and O–H groups in total. The number of sulfone groups is 1. The second-order valence-electron chi connectivity index (χ2n) is 8.35. The van der Waals surface area contributed by atoms with E-state index in [-0.39, 0.29) is 36.2 Å². The number of carbonyl (C=O) groups excluding carboxylic acids is 2. The van der Waals surface area contributed by atoms with Crippen LogP contribution in [0.15, 0.2) is 70.9 Å². The Morgan fingerprint density at radius 2 is 1.70 bits per heavy atom. The third-order valence-corrected chi connectivity index (χ3v) is 9.12. The van der Waals surface area contributed by atoms with Crippen molar-refractivity contribution in [1.82, 2.24) is 5.32 Å². The molecule has 0 unspecified atom stereocenters. The lowest BCUT2D eigenvalue weighted by atomic mass is 10.1. The van der Waals surface area contributed by atoms with Crippen LogP contribution in [0.2, 0.25) is 0 Å². The Morgan fingerprint density at radius 3 is 2.30 bits per heavy atom. The predicted molar refractivity (Wildman–Crippen MR) is 130 cm³/mol. The van der Waals surface area contributed by atoms with Crippen LogP contribution in [0.4, 0.5) is 5.69 Å². The van der Waals surface area contributed by atoms with Crippen LogP contribution in [0, 0.1) is 19.8 Å². The summed E-state index contributed by atoms with van der Waals surface area (Å²) >= 11 is 1.35. The minimum Gasteiger partial charge on any atom is -0.354 e. The molecule has 0 spiro atoms. The largest absolute Gasteiger partial charge is 0.354 e. The quantitative estimate of drug-likeness (QED) is 0.551. The van der Waals surface area contributed by atoms with Gasteiger partial charge in [0, 0.05) is 30.1 Å². The van der Waals surface area contributed by atoms with E-state index in [2.05, 4.69) is 5.32 Å². The van der Waals surface area contributed by atoms with E-state index >= 15 is 0 Å². The molecule has 33 heavy (non-hydrogen) atoms. The van der Waals surface area contributed by atoms with Crippen molar-refractivity contribution in [2.45, 2.75) is 30.4 Å². The molecule has 3 aromatic rings. The van der Waals surface area contributed by atoms with E-state index in [4.69, 9.17) is 0 Å². The fourth-order valence-electron chi connectivity index (χ4n) is 3.92. The lowest BCUT2D eigenvalue weighted by Crippen LogP contribution is -2.37. The van der Waals surface area contributed by atoms with Crippen LogP contribution >= 0.6 is 11.3 Å². The summed E-state index contributed by atoms with van der Waals surface area (Å²) in [7, 11) is -3.71. The number of hydrogen-bond acceptors (Lipinski definition) is 5. The molecule has 0 bridgehead atoms. The molecule has 0 aliphatic carbocycles. The minimum atomic E-state index is -3.71. The van der Waals surface area contributed by atoms with Crippen molar-refractivity contribution in [3.8, 4) is 0 Å². The molecule has 1 fully saturated rings. The molecule has 2 aromatic carbocycles. The lowest BCUT2D eigenvalue weighted by molar-refractivity contribution is -0.126. The van der Waals surface area contributed by atoms with Gasteiger partial charge in [-0.3, -0.25) is 9.59 Å². The van der Waals surface area contributed by atoms with Crippen LogP contribution in [-0.4, -0.2) is 33.3 Å². The highest BCUT2D eigenvalue weighted by Crippen LogP contribution is 2.32. The SMILES string of the molecule is Cc1ccc(N2C[C@@H](C(=O)NC[C@H](c3cccs3)S(=O)(=O)c3ccc(C)cc3)CC2=O)cc1. The fraction of sp³-hybridized carbons (Fsp3) is 0.280. The highest BCUT2D eigenvalue weighted by atomic mass is 32.2. The van der Waals surface area contributed by atoms with Crippen LogP contribution < -0.4 is 10.2 Å². The van der Waals surface area contributed by atoms with Crippen LogP contribution in [0.5, 0.6) is 0 Å². The summed E-state index contributed by atoms with van der Waals surface area (Å²) in [5.74, 6) is -0.940. The van der Waals surface area contributed by atoms with E-state index in [0.29, 0.717) is 4.88 Å². The van der Waals surface area contributed by atoms with Crippen molar-refractivity contribution in [3.63, 3.8) is 0 Å². The van der Waals surface area contributed by atoms with Crippen LogP contribution in [-0.2, 0) is 19.4 Å². The number of nitrogens with zero attached hydrogens (tertiary/aromatic N) is 1. The van der Waals surface area contributed by atoms with E-state index < -0.39 is 21.0 Å². The number of amides is 2. The maximum atomic E-state index is 13.4. The number of aryl methyl sites for hydroxylation is 2. The summed E-state index contributed by atoms with van der Waals surface area (Å²) in [5.41, 5.74) is 2.83. The Labute approximate surface area is 198 Å². The predicted octanol–water partition coefficient (Wildman–Crippen LogP) is 4.05. The van der Waals surface area contributed by atoms with E-state index in [1.54, 1.807) is 41.3 Å². The zero-order valence-corrected chi connectivity index (χ0v) is 20.2. The number of anilines is 1. The van der Waals surface area contributed by atoms with Gasteiger partial charge in [0.1, 0.15) is 5.25 Å². The number of hydrogen-bond donors (Lipinski definition) is 1. The van der Waals surface area contributed by atoms with Crippen molar-refractivity contribution in [2.75, 3.05) is 18.0 Å². The molecular formula is C25H26N2O4S2. The van der Waals surface area contributed by atoms with E-state index in [0.717, 1.165) is 16.8 Å². The molecule has 1 aromatic heterocycles. The molecule has 4 rings (SSSR count). The van der Waals surface area contributed by atoms with Gasteiger partial charge in [-0.25, -0.2) is 8.42 Å². The summed E-state index contributed by atoms with van der Waals surface area (Å²) in [6.07, 6.45) is 0.105. The Balaban J connectivity index is 1.48. The van der Waals surface area contributed by atoms with Gasteiger partial charge in [0.15, 0.2) is 9.84 Å². The normalized spacial score (nSPS) is 17.2. The first kappa shape index (κ1) is 23.2. The van der Waals surface area contributed by atoms with Gasteiger partial charge in [0.05, 0.1) is 10.8 Å². The van der Waals surface area contributed by atoms with Crippen molar-refractivity contribution >= 4 is 38.7 Å². The average Bonchev–Trinajstić information content (AvgIpc) is 3.45. The standard InChI is InChI=1S/C25H26N2O4S2/c1-17-5-9-20(10-6-17)27-16-19(14-24(27)28)25(29)26-15-23(22-4-3-13-32-22)33(30,31)21-11-7-18(2)8-12-21/h3-13,19,23H,14-16H2,1-2H3,(H,26,29)/t19-,23+/m0/s1. The monoisotopic (exact) mass is 482 g/mol. The topological polar surface area (TPSA) is 83.6 Å². The Morgan fingerprint density at radius 1 is 1.06 bits per heavy atom. The summed E-state index contributed by atoms with van der Waals surface area (Å²) in [5, 5.41) is 3.74. The third-order valence-electron chi connectivity index (χ3n) is 5.89. The van der Waals surface area contributed by atoms with Crippen LogP contribution in [0.3, 0.4) is 0 Å².